The van der Waals surface area contributed by atoms with Crippen molar-refractivity contribution in [1.82, 2.24) is 9.80 Å². The molecule has 0 amide bonds. The maximum absolute atomic E-state index is 5.73. The molecule has 19 heavy (non-hydrogen) atoms. The third-order valence-electron chi connectivity index (χ3n) is 3.03. The van der Waals surface area contributed by atoms with Gasteiger partial charge in [0.2, 0.25) is 0 Å². The summed E-state index contributed by atoms with van der Waals surface area (Å²) in [6.07, 6.45) is 0.924. The molecule has 4 heteroatoms. The van der Waals surface area contributed by atoms with E-state index < -0.39 is 0 Å². The van der Waals surface area contributed by atoms with Crippen LogP contribution in [-0.2, 0) is 6.42 Å². The summed E-state index contributed by atoms with van der Waals surface area (Å²) >= 11 is 0. The van der Waals surface area contributed by atoms with Crippen molar-refractivity contribution in [3.63, 3.8) is 0 Å². The molecule has 0 fully saturated rings. The zero-order valence-corrected chi connectivity index (χ0v) is 12.4. The molecule has 0 aliphatic heterocycles. The summed E-state index contributed by atoms with van der Waals surface area (Å²) in [5, 5.41) is 0. The van der Waals surface area contributed by atoms with E-state index in [-0.39, 0.29) is 0 Å². The summed E-state index contributed by atoms with van der Waals surface area (Å²) in [4.78, 5) is 4.47. The van der Waals surface area contributed by atoms with Crippen LogP contribution in [-0.4, -0.2) is 63.7 Å². The third-order valence-corrected chi connectivity index (χ3v) is 3.03. The molecule has 108 valence electrons. The lowest BCUT2D eigenvalue weighted by molar-refractivity contribution is 0.222. The van der Waals surface area contributed by atoms with Crippen molar-refractivity contribution in [2.45, 2.75) is 6.42 Å². The summed E-state index contributed by atoms with van der Waals surface area (Å²) in [5.41, 5.74) is 6.78. The molecule has 1 rings (SSSR count). The minimum Gasteiger partial charge on any atom is -0.492 e. The van der Waals surface area contributed by atoms with Crippen molar-refractivity contribution in [2.75, 3.05) is 53.9 Å². The smallest absolute Gasteiger partial charge is 0.119 e. The predicted octanol–water partition coefficient (Wildman–Crippen LogP) is 1.06. The number of nitrogens with two attached hydrogens (primary N) is 1. The SMILES string of the molecule is CN(C)CCN(C)CCOc1ccc(CCN)cc1. The van der Waals surface area contributed by atoms with Gasteiger partial charge < -0.3 is 20.3 Å². The number of rotatable bonds is 9. The second-order valence-electron chi connectivity index (χ2n) is 5.14. The summed E-state index contributed by atoms with van der Waals surface area (Å²) in [6, 6.07) is 8.20. The minimum absolute atomic E-state index is 0.691. The molecular weight excluding hydrogens is 238 g/mol. The van der Waals surface area contributed by atoms with Crippen LogP contribution in [0, 0.1) is 0 Å². The molecule has 0 unspecified atom stereocenters. The van der Waals surface area contributed by atoms with Gasteiger partial charge in [0.15, 0.2) is 0 Å². The van der Waals surface area contributed by atoms with Crippen LogP contribution in [0.2, 0.25) is 0 Å². The molecule has 1 aromatic rings. The summed E-state index contributed by atoms with van der Waals surface area (Å²) < 4.78 is 5.73. The predicted molar refractivity (Wildman–Crippen MR) is 80.7 cm³/mol. The fourth-order valence-electron chi connectivity index (χ4n) is 1.72. The van der Waals surface area contributed by atoms with E-state index in [0.717, 1.165) is 38.4 Å². The van der Waals surface area contributed by atoms with Crippen LogP contribution in [0.25, 0.3) is 0 Å². The monoisotopic (exact) mass is 265 g/mol. The van der Waals surface area contributed by atoms with Crippen molar-refractivity contribution in [1.29, 1.82) is 0 Å². The van der Waals surface area contributed by atoms with Crippen LogP contribution in [0.3, 0.4) is 0 Å². The summed E-state index contributed by atoms with van der Waals surface area (Å²) in [5.74, 6) is 0.932. The highest BCUT2D eigenvalue weighted by atomic mass is 16.5. The van der Waals surface area contributed by atoms with Gasteiger partial charge in [-0.05, 0) is 51.8 Å². The maximum Gasteiger partial charge on any atom is 0.119 e. The van der Waals surface area contributed by atoms with Gasteiger partial charge in [0.05, 0.1) is 0 Å². The Labute approximate surface area is 117 Å². The van der Waals surface area contributed by atoms with E-state index in [0.29, 0.717) is 6.54 Å². The first kappa shape index (κ1) is 16.0. The van der Waals surface area contributed by atoms with Crippen molar-refractivity contribution in [3.05, 3.63) is 29.8 Å². The van der Waals surface area contributed by atoms with Crippen LogP contribution in [0.15, 0.2) is 24.3 Å². The Morgan fingerprint density at radius 2 is 1.68 bits per heavy atom. The fourth-order valence-corrected chi connectivity index (χ4v) is 1.72. The molecule has 0 aliphatic rings. The topological polar surface area (TPSA) is 41.7 Å². The average Bonchev–Trinajstić information content (AvgIpc) is 2.39. The van der Waals surface area contributed by atoms with Gasteiger partial charge in [-0.15, -0.1) is 0 Å². The van der Waals surface area contributed by atoms with Crippen molar-refractivity contribution in [2.24, 2.45) is 5.73 Å². The maximum atomic E-state index is 5.73. The zero-order valence-electron chi connectivity index (χ0n) is 12.4. The molecule has 0 saturated carbocycles. The first-order chi connectivity index (χ1) is 9.11. The van der Waals surface area contributed by atoms with Gasteiger partial charge >= 0.3 is 0 Å². The Hall–Kier alpha value is -1.10. The Bertz CT molecular complexity index is 338. The Balaban J connectivity index is 2.21. The van der Waals surface area contributed by atoms with Crippen LogP contribution in [0.1, 0.15) is 5.56 Å². The highest BCUT2D eigenvalue weighted by molar-refractivity contribution is 5.27. The molecule has 0 aliphatic carbocycles. The molecule has 2 N–H and O–H groups in total. The standard InChI is InChI=1S/C15H27N3O/c1-17(2)10-11-18(3)12-13-19-15-6-4-14(5-7-15)8-9-16/h4-7H,8-13,16H2,1-3H3. The molecular formula is C15H27N3O. The van der Waals surface area contributed by atoms with E-state index in [2.05, 4.69) is 43.1 Å². The highest BCUT2D eigenvalue weighted by Gasteiger charge is 2.00. The zero-order chi connectivity index (χ0) is 14.1. The van der Waals surface area contributed by atoms with Crippen LogP contribution in [0.5, 0.6) is 5.75 Å². The van der Waals surface area contributed by atoms with Gasteiger partial charge in [-0.3, -0.25) is 0 Å². The van der Waals surface area contributed by atoms with Crippen LogP contribution in [0.4, 0.5) is 0 Å². The Kier molecular flexibility index (Phi) is 7.48. The van der Waals surface area contributed by atoms with E-state index in [1.165, 1.54) is 5.56 Å². The molecule has 0 radical (unpaired) electrons. The van der Waals surface area contributed by atoms with E-state index in [1.54, 1.807) is 0 Å². The number of ether oxygens (including phenoxy) is 1. The third kappa shape index (κ3) is 7.15. The van der Waals surface area contributed by atoms with Crippen LogP contribution >= 0.6 is 0 Å². The fraction of sp³-hybridized carbons (Fsp3) is 0.600. The second kappa shape index (κ2) is 8.91. The van der Waals surface area contributed by atoms with Crippen molar-refractivity contribution < 1.29 is 4.74 Å². The Morgan fingerprint density at radius 1 is 1.00 bits per heavy atom. The first-order valence-electron chi connectivity index (χ1n) is 6.87. The van der Waals surface area contributed by atoms with Crippen molar-refractivity contribution >= 4 is 0 Å². The number of nitrogens with zero attached hydrogens (tertiary/aromatic N) is 2. The molecule has 0 saturated heterocycles. The number of hydrogen-bond acceptors (Lipinski definition) is 4. The lowest BCUT2D eigenvalue weighted by Gasteiger charge is -2.19. The van der Waals surface area contributed by atoms with Gasteiger partial charge in [-0.1, -0.05) is 12.1 Å². The molecule has 0 aromatic heterocycles. The largest absolute Gasteiger partial charge is 0.492 e. The molecule has 0 spiro atoms. The van der Waals surface area contributed by atoms with Crippen molar-refractivity contribution in [3.8, 4) is 5.75 Å². The molecule has 1 aromatic carbocycles. The minimum atomic E-state index is 0.691. The van der Waals surface area contributed by atoms with Gasteiger partial charge in [-0.25, -0.2) is 0 Å². The van der Waals surface area contributed by atoms with Crippen LogP contribution < -0.4 is 10.5 Å². The number of hydrogen-bond donors (Lipinski definition) is 1. The lowest BCUT2D eigenvalue weighted by atomic mass is 10.1. The van der Waals surface area contributed by atoms with E-state index in [9.17, 15) is 0 Å². The summed E-state index contributed by atoms with van der Waals surface area (Å²) in [7, 11) is 6.30. The molecule has 0 bridgehead atoms. The van der Waals surface area contributed by atoms with E-state index >= 15 is 0 Å². The van der Waals surface area contributed by atoms with Gasteiger partial charge in [0.25, 0.3) is 0 Å². The van der Waals surface area contributed by atoms with Gasteiger partial charge in [-0.2, -0.15) is 0 Å². The Morgan fingerprint density at radius 3 is 2.26 bits per heavy atom. The number of likely N-dealkylation sites (N-methyl/N-ethyl adjacent to an activating group) is 2. The van der Waals surface area contributed by atoms with E-state index in [1.807, 2.05) is 12.1 Å². The molecule has 4 nitrogen and oxygen atoms in total. The second-order valence-corrected chi connectivity index (χ2v) is 5.14. The number of benzene rings is 1. The quantitative estimate of drug-likeness (QED) is 0.725. The first-order valence-corrected chi connectivity index (χ1v) is 6.87. The van der Waals surface area contributed by atoms with E-state index in [4.69, 9.17) is 10.5 Å². The molecule has 0 heterocycles. The summed E-state index contributed by atoms with van der Waals surface area (Å²) in [6.45, 7) is 4.49. The lowest BCUT2D eigenvalue weighted by Crippen LogP contribution is -2.31. The normalized spacial score (nSPS) is 11.3. The average molecular weight is 265 g/mol. The van der Waals surface area contributed by atoms with Gasteiger partial charge in [0, 0.05) is 19.6 Å². The highest BCUT2D eigenvalue weighted by Crippen LogP contribution is 2.12. The molecule has 0 atom stereocenters. The van der Waals surface area contributed by atoms with Gasteiger partial charge in [0.1, 0.15) is 12.4 Å².